The molecule has 3 aromatic rings. The lowest BCUT2D eigenvalue weighted by Crippen LogP contribution is -2.17. The molecule has 0 unspecified atom stereocenters. The van der Waals surface area contributed by atoms with Gasteiger partial charge in [-0.1, -0.05) is 23.7 Å². The number of ether oxygens (including phenoxy) is 1. The van der Waals surface area contributed by atoms with Crippen LogP contribution in [0.3, 0.4) is 0 Å². The van der Waals surface area contributed by atoms with E-state index in [-0.39, 0.29) is 11.5 Å². The fraction of sp³-hybridized carbons (Fsp3) is 0. The van der Waals surface area contributed by atoms with Gasteiger partial charge in [-0.25, -0.2) is 5.43 Å². The molecule has 11 heteroatoms. The van der Waals surface area contributed by atoms with Gasteiger partial charge in [0.1, 0.15) is 5.75 Å². The second-order valence-electron chi connectivity index (χ2n) is 6.05. The van der Waals surface area contributed by atoms with Crippen LogP contribution in [0.25, 0.3) is 0 Å². The Bertz CT molecular complexity index is 1180. The summed E-state index contributed by atoms with van der Waals surface area (Å²) in [6.07, 6.45) is 1.37. The van der Waals surface area contributed by atoms with Crippen molar-refractivity contribution in [2.75, 3.05) is 0 Å². The molecule has 0 bridgehead atoms. The molecule has 0 aliphatic rings. The van der Waals surface area contributed by atoms with E-state index >= 15 is 0 Å². The van der Waals surface area contributed by atoms with Crippen LogP contribution >= 0.6 is 11.6 Å². The standard InChI is InChI=1S/C20H13ClN4O6/c21-15-6-4-14(5-7-15)20(26)23-22-12-13-2-1-3-17(10-13)31-19-9-8-16(24(27)28)11-18(19)25(29)30/h1-12H,(H,23,26). The summed E-state index contributed by atoms with van der Waals surface area (Å²) in [4.78, 5) is 32.6. The minimum atomic E-state index is -0.764. The number of hydrogen-bond acceptors (Lipinski definition) is 7. The SMILES string of the molecule is O=C(NN=Cc1cccc(Oc2ccc([N+](=O)[O-])cc2[N+](=O)[O-])c1)c1ccc(Cl)cc1. The molecular weight excluding hydrogens is 428 g/mol. The topological polar surface area (TPSA) is 137 Å². The molecule has 0 saturated carbocycles. The highest BCUT2D eigenvalue weighted by Gasteiger charge is 2.21. The first-order valence-electron chi connectivity index (χ1n) is 8.63. The van der Waals surface area contributed by atoms with E-state index in [4.69, 9.17) is 16.3 Å². The van der Waals surface area contributed by atoms with Crippen molar-refractivity contribution in [2.45, 2.75) is 0 Å². The van der Waals surface area contributed by atoms with E-state index in [1.54, 1.807) is 42.5 Å². The van der Waals surface area contributed by atoms with Crippen molar-refractivity contribution in [3.05, 3.63) is 103 Å². The highest BCUT2D eigenvalue weighted by Crippen LogP contribution is 2.34. The van der Waals surface area contributed by atoms with Crippen LogP contribution in [-0.4, -0.2) is 22.0 Å². The number of nitro benzene ring substituents is 2. The number of hydrazone groups is 1. The second-order valence-corrected chi connectivity index (χ2v) is 6.48. The van der Waals surface area contributed by atoms with Gasteiger partial charge in [-0.05, 0) is 48.0 Å². The summed E-state index contributed by atoms with van der Waals surface area (Å²) >= 11 is 5.78. The molecular formula is C20H13ClN4O6. The summed E-state index contributed by atoms with van der Waals surface area (Å²) in [7, 11) is 0. The summed E-state index contributed by atoms with van der Waals surface area (Å²) in [5, 5.41) is 26.4. The van der Waals surface area contributed by atoms with E-state index in [1.165, 1.54) is 12.3 Å². The molecule has 0 aromatic heterocycles. The normalized spacial score (nSPS) is 10.6. The van der Waals surface area contributed by atoms with Gasteiger partial charge in [0.25, 0.3) is 11.6 Å². The molecule has 0 fully saturated rings. The molecule has 3 aromatic carbocycles. The molecule has 0 aliphatic carbocycles. The summed E-state index contributed by atoms with van der Waals surface area (Å²) in [5.41, 5.74) is 2.33. The van der Waals surface area contributed by atoms with Crippen LogP contribution < -0.4 is 10.2 Å². The minimum absolute atomic E-state index is 0.152. The zero-order chi connectivity index (χ0) is 22.4. The molecule has 0 saturated heterocycles. The Labute approximate surface area is 180 Å². The van der Waals surface area contributed by atoms with E-state index in [1.807, 2.05) is 0 Å². The number of nitrogens with one attached hydrogen (secondary N) is 1. The van der Waals surface area contributed by atoms with Gasteiger partial charge >= 0.3 is 5.69 Å². The zero-order valence-corrected chi connectivity index (χ0v) is 16.4. The van der Waals surface area contributed by atoms with Crippen molar-refractivity contribution >= 4 is 35.1 Å². The van der Waals surface area contributed by atoms with Crippen molar-refractivity contribution in [2.24, 2.45) is 5.10 Å². The van der Waals surface area contributed by atoms with Gasteiger partial charge in [0.05, 0.1) is 22.1 Å². The van der Waals surface area contributed by atoms with Crippen molar-refractivity contribution in [3.63, 3.8) is 0 Å². The number of nitrogens with zero attached hydrogens (tertiary/aromatic N) is 3. The predicted molar refractivity (Wildman–Crippen MR) is 113 cm³/mol. The Balaban J connectivity index is 1.72. The number of non-ortho nitro benzene ring substituents is 1. The molecule has 0 atom stereocenters. The largest absolute Gasteiger partial charge is 0.450 e. The Morgan fingerprint density at radius 2 is 1.74 bits per heavy atom. The molecule has 0 spiro atoms. The van der Waals surface area contributed by atoms with Crippen LogP contribution in [0, 0.1) is 20.2 Å². The number of nitro groups is 2. The average Bonchev–Trinajstić information content (AvgIpc) is 2.74. The smallest absolute Gasteiger partial charge is 0.318 e. The molecule has 31 heavy (non-hydrogen) atoms. The number of amides is 1. The van der Waals surface area contributed by atoms with Crippen molar-refractivity contribution < 1.29 is 19.4 Å². The summed E-state index contributed by atoms with van der Waals surface area (Å²) in [5.74, 6) is -0.340. The van der Waals surface area contributed by atoms with Crippen LogP contribution in [-0.2, 0) is 0 Å². The maximum Gasteiger partial charge on any atom is 0.318 e. The average molecular weight is 441 g/mol. The number of rotatable bonds is 7. The van der Waals surface area contributed by atoms with E-state index < -0.39 is 27.1 Å². The second kappa shape index (κ2) is 9.46. The van der Waals surface area contributed by atoms with Crippen LogP contribution in [0.2, 0.25) is 5.02 Å². The highest BCUT2D eigenvalue weighted by atomic mass is 35.5. The fourth-order valence-electron chi connectivity index (χ4n) is 2.46. The van der Waals surface area contributed by atoms with E-state index in [9.17, 15) is 25.0 Å². The molecule has 1 amide bonds. The Hall–Kier alpha value is -4.31. The lowest BCUT2D eigenvalue weighted by atomic mass is 10.2. The molecule has 0 radical (unpaired) electrons. The first-order chi connectivity index (χ1) is 14.8. The van der Waals surface area contributed by atoms with Crippen molar-refractivity contribution in [3.8, 4) is 11.5 Å². The monoisotopic (exact) mass is 440 g/mol. The van der Waals surface area contributed by atoms with Gasteiger partial charge in [0, 0.05) is 16.7 Å². The Kier molecular flexibility index (Phi) is 6.53. The fourth-order valence-corrected chi connectivity index (χ4v) is 2.59. The number of carbonyl (C=O) groups excluding carboxylic acids is 1. The predicted octanol–water partition coefficient (Wildman–Crippen LogP) is 4.71. The lowest BCUT2D eigenvalue weighted by Gasteiger charge is -2.07. The number of benzene rings is 3. The van der Waals surface area contributed by atoms with Crippen molar-refractivity contribution in [1.82, 2.24) is 5.43 Å². The first kappa shape index (κ1) is 21.4. The third kappa shape index (κ3) is 5.61. The summed E-state index contributed by atoms with van der Waals surface area (Å²) in [6.45, 7) is 0. The van der Waals surface area contributed by atoms with Crippen LogP contribution in [0.5, 0.6) is 11.5 Å². The van der Waals surface area contributed by atoms with Gasteiger partial charge in [-0.3, -0.25) is 25.0 Å². The van der Waals surface area contributed by atoms with Crippen LogP contribution in [0.15, 0.2) is 71.8 Å². The first-order valence-corrected chi connectivity index (χ1v) is 9.01. The lowest BCUT2D eigenvalue weighted by molar-refractivity contribution is -0.394. The Morgan fingerprint density at radius 1 is 1.00 bits per heavy atom. The van der Waals surface area contributed by atoms with E-state index in [0.717, 1.165) is 18.2 Å². The molecule has 0 heterocycles. The maximum atomic E-state index is 12.0. The molecule has 1 N–H and O–H groups in total. The summed E-state index contributed by atoms with van der Waals surface area (Å²) < 4.78 is 5.53. The van der Waals surface area contributed by atoms with Gasteiger partial charge in [-0.15, -0.1) is 0 Å². The van der Waals surface area contributed by atoms with Gasteiger partial charge in [0.2, 0.25) is 5.75 Å². The highest BCUT2D eigenvalue weighted by molar-refractivity contribution is 6.30. The quantitative estimate of drug-likeness (QED) is 0.320. The van der Waals surface area contributed by atoms with Gasteiger partial charge in [-0.2, -0.15) is 5.10 Å². The van der Waals surface area contributed by atoms with Gasteiger partial charge in [0.15, 0.2) is 0 Å². The maximum absolute atomic E-state index is 12.0. The van der Waals surface area contributed by atoms with Crippen LogP contribution in [0.1, 0.15) is 15.9 Å². The number of halogens is 1. The number of hydrogen-bond donors (Lipinski definition) is 1. The zero-order valence-electron chi connectivity index (χ0n) is 15.6. The molecule has 156 valence electrons. The third-order valence-corrected chi connectivity index (χ3v) is 4.17. The van der Waals surface area contributed by atoms with Crippen molar-refractivity contribution in [1.29, 1.82) is 0 Å². The molecule has 0 aliphatic heterocycles. The summed E-state index contributed by atoms with van der Waals surface area (Å²) in [6, 6.07) is 15.7. The molecule has 3 rings (SSSR count). The van der Waals surface area contributed by atoms with Crippen LogP contribution in [0.4, 0.5) is 11.4 Å². The number of carbonyl (C=O) groups is 1. The van der Waals surface area contributed by atoms with E-state index in [0.29, 0.717) is 16.1 Å². The van der Waals surface area contributed by atoms with Gasteiger partial charge < -0.3 is 4.74 Å². The van der Waals surface area contributed by atoms with E-state index in [2.05, 4.69) is 10.5 Å². The third-order valence-electron chi connectivity index (χ3n) is 3.92. The minimum Gasteiger partial charge on any atom is -0.450 e. The Morgan fingerprint density at radius 3 is 2.42 bits per heavy atom. The molecule has 10 nitrogen and oxygen atoms in total.